The molecule has 3 aromatic rings. The molecule has 0 atom stereocenters. The minimum atomic E-state index is -0.504. The van der Waals surface area contributed by atoms with Gasteiger partial charge in [0, 0.05) is 6.54 Å². The first-order valence-electron chi connectivity index (χ1n) is 8.28. The summed E-state index contributed by atoms with van der Waals surface area (Å²) in [5.74, 6) is 0.909. The van der Waals surface area contributed by atoms with Crippen LogP contribution in [0.25, 0.3) is 11.5 Å². The van der Waals surface area contributed by atoms with Gasteiger partial charge in [0.1, 0.15) is 23.7 Å². The average molecular weight is 352 g/mol. The third kappa shape index (κ3) is 4.18. The quantitative estimate of drug-likeness (QED) is 0.703. The van der Waals surface area contributed by atoms with Crippen molar-refractivity contribution in [3.8, 4) is 11.5 Å². The number of amides is 1. The van der Waals surface area contributed by atoms with Gasteiger partial charge in [-0.05, 0) is 37.1 Å². The zero-order chi connectivity index (χ0) is 18.5. The van der Waals surface area contributed by atoms with Crippen LogP contribution in [0.3, 0.4) is 0 Å². The molecule has 0 aliphatic rings. The van der Waals surface area contributed by atoms with E-state index in [1.54, 1.807) is 12.1 Å². The normalized spacial score (nSPS) is 10.7. The summed E-state index contributed by atoms with van der Waals surface area (Å²) in [6.07, 6.45) is 0.711. The molecule has 0 bridgehead atoms. The Bertz CT molecular complexity index is 960. The highest BCUT2D eigenvalue weighted by atomic mass is 16.3. The van der Waals surface area contributed by atoms with Crippen molar-refractivity contribution in [1.29, 1.82) is 0 Å². The van der Waals surface area contributed by atoms with Crippen LogP contribution in [0.2, 0.25) is 0 Å². The van der Waals surface area contributed by atoms with Gasteiger partial charge >= 0.3 is 0 Å². The van der Waals surface area contributed by atoms with Crippen molar-refractivity contribution in [3.05, 3.63) is 70.2 Å². The molecule has 0 saturated heterocycles. The van der Waals surface area contributed by atoms with Gasteiger partial charge in [0.05, 0.1) is 0 Å². The summed E-state index contributed by atoms with van der Waals surface area (Å²) in [6, 6.07) is 14.8. The maximum Gasteiger partial charge on any atom is 0.290 e. The van der Waals surface area contributed by atoms with Crippen LogP contribution in [0, 0.1) is 6.92 Å². The van der Waals surface area contributed by atoms with Crippen LogP contribution in [-0.2, 0) is 17.8 Å². The van der Waals surface area contributed by atoms with Crippen LogP contribution in [-0.4, -0.2) is 22.2 Å². The number of nitrogen functional groups attached to an aromatic ring is 1. The Labute approximate surface area is 150 Å². The summed E-state index contributed by atoms with van der Waals surface area (Å²) in [5.41, 5.74) is 6.82. The van der Waals surface area contributed by atoms with Crippen molar-refractivity contribution in [2.45, 2.75) is 19.9 Å². The van der Waals surface area contributed by atoms with Crippen molar-refractivity contribution < 1.29 is 9.21 Å². The van der Waals surface area contributed by atoms with E-state index in [-0.39, 0.29) is 18.1 Å². The molecule has 2 aromatic heterocycles. The molecular weight excluding hydrogens is 332 g/mol. The highest BCUT2D eigenvalue weighted by Gasteiger charge is 2.13. The molecule has 3 rings (SSSR count). The third-order valence-electron chi connectivity index (χ3n) is 3.87. The predicted molar refractivity (Wildman–Crippen MR) is 98.5 cm³/mol. The number of aromatic nitrogens is 2. The second-order valence-electron chi connectivity index (χ2n) is 5.94. The Kier molecular flexibility index (Phi) is 5.17. The monoisotopic (exact) mass is 352 g/mol. The number of nitrogens with two attached hydrogens (primary N) is 1. The molecule has 0 aliphatic carbocycles. The molecule has 0 saturated carbocycles. The number of hydrogen-bond donors (Lipinski definition) is 2. The Balaban J connectivity index is 1.67. The lowest BCUT2D eigenvalue weighted by Gasteiger charge is -2.09. The van der Waals surface area contributed by atoms with Crippen LogP contribution in [0.5, 0.6) is 0 Å². The van der Waals surface area contributed by atoms with Crippen LogP contribution in [0.15, 0.2) is 57.7 Å². The van der Waals surface area contributed by atoms with E-state index in [4.69, 9.17) is 10.2 Å². The zero-order valence-corrected chi connectivity index (χ0v) is 14.4. The molecule has 0 radical (unpaired) electrons. The largest absolute Gasteiger partial charge is 0.460 e. The Morgan fingerprint density at radius 1 is 1.23 bits per heavy atom. The van der Waals surface area contributed by atoms with Crippen molar-refractivity contribution in [3.63, 3.8) is 0 Å². The molecule has 0 spiro atoms. The van der Waals surface area contributed by atoms with Crippen LogP contribution in [0.1, 0.15) is 11.3 Å². The molecular formula is C19H20N4O3. The van der Waals surface area contributed by atoms with Crippen molar-refractivity contribution in [2.24, 2.45) is 0 Å². The molecule has 1 aromatic carbocycles. The number of carbonyl (C=O) groups excluding carboxylic acids is 1. The van der Waals surface area contributed by atoms with Gasteiger partial charge in [0.2, 0.25) is 5.91 Å². The van der Waals surface area contributed by atoms with E-state index in [0.717, 1.165) is 16.0 Å². The maximum absolute atomic E-state index is 12.2. The molecule has 26 heavy (non-hydrogen) atoms. The van der Waals surface area contributed by atoms with Gasteiger partial charge in [-0.25, -0.2) is 4.68 Å². The van der Waals surface area contributed by atoms with E-state index in [2.05, 4.69) is 10.4 Å². The van der Waals surface area contributed by atoms with E-state index in [0.29, 0.717) is 24.4 Å². The van der Waals surface area contributed by atoms with Gasteiger partial charge in [-0.15, -0.1) is 0 Å². The molecule has 0 aliphatic heterocycles. The number of benzene rings is 1. The molecule has 0 fully saturated rings. The van der Waals surface area contributed by atoms with E-state index in [9.17, 15) is 9.59 Å². The first-order valence-corrected chi connectivity index (χ1v) is 8.28. The number of rotatable bonds is 6. The molecule has 134 valence electrons. The van der Waals surface area contributed by atoms with Crippen molar-refractivity contribution in [1.82, 2.24) is 15.1 Å². The summed E-state index contributed by atoms with van der Waals surface area (Å²) in [7, 11) is 0. The highest BCUT2D eigenvalue weighted by Crippen LogP contribution is 2.19. The first kappa shape index (κ1) is 17.5. The number of aryl methyl sites for hydroxylation is 1. The fraction of sp³-hybridized carbons (Fsp3) is 0.211. The Hall–Kier alpha value is -3.35. The average Bonchev–Trinajstić information content (AvgIpc) is 3.06. The maximum atomic E-state index is 12.2. The number of nitrogens with zero attached hydrogens (tertiary/aromatic N) is 2. The van der Waals surface area contributed by atoms with Gasteiger partial charge < -0.3 is 15.5 Å². The standard InChI is InChI=1S/C19H20N4O3/c1-13-7-8-17(26-13)16-11-15(20)19(25)23(22-16)12-18(24)21-10-9-14-5-3-2-4-6-14/h2-8,11H,9-10,12,20H2,1H3,(H,21,24). The first-order chi connectivity index (χ1) is 12.5. The topological polar surface area (TPSA) is 103 Å². The van der Waals surface area contributed by atoms with Crippen LogP contribution in [0.4, 0.5) is 5.69 Å². The lowest BCUT2D eigenvalue weighted by Crippen LogP contribution is -2.35. The van der Waals surface area contributed by atoms with E-state index in [1.165, 1.54) is 6.07 Å². The minimum absolute atomic E-state index is 0.0149. The summed E-state index contributed by atoms with van der Waals surface area (Å²) < 4.78 is 6.56. The smallest absolute Gasteiger partial charge is 0.290 e. The molecule has 1 amide bonds. The summed E-state index contributed by atoms with van der Waals surface area (Å²) in [5, 5.41) is 6.98. The van der Waals surface area contributed by atoms with E-state index >= 15 is 0 Å². The summed E-state index contributed by atoms with van der Waals surface area (Å²) in [4.78, 5) is 24.3. The molecule has 3 N–H and O–H groups in total. The van der Waals surface area contributed by atoms with Gasteiger partial charge in [-0.3, -0.25) is 9.59 Å². The lowest BCUT2D eigenvalue weighted by atomic mass is 10.1. The Morgan fingerprint density at radius 2 is 2.00 bits per heavy atom. The fourth-order valence-electron chi connectivity index (χ4n) is 2.54. The van der Waals surface area contributed by atoms with Gasteiger partial charge in [-0.2, -0.15) is 5.10 Å². The van der Waals surface area contributed by atoms with Crippen LogP contribution < -0.4 is 16.6 Å². The zero-order valence-electron chi connectivity index (χ0n) is 14.4. The molecule has 0 unspecified atom stereocenters. The SMILES string of the molecule is Cc1ccc(-c2cc(N)c(=O)n(CC(=O)NCCc3ccccc3)n2)o1. The number of furan rings is 1. The number of nitrogens with one attached hydrogen (secondary N) is 1. The fourth-order valence-corrected chi connectivity index (χ4v) is 2.54. The third-order valence-corrected chi connectivity index (χ3v) is 3.87. The number of carbonyl (C=O) groups is 1. The molecule has 2 heterocycles. The predicted octanol–water partition coefficient (Wildman–Crippen LogP) is 1.75. The van der Waals surface area contributed by atoms with E-state index in [1.807, 2.05) is 37.3 Å². The van der Waals surface area contributed by atoms with Gasteiger partial charge in [0.25, 0.3) is 5.56 Å². The second-order valence-corrected chi connectivity index (χ2v) is 5.94. The van der Waals surface area contributed by atoms with E-state index < -0.39 is 5.56 Å². The van der Waals surface area contributed by atoms with Gasteiger partial charge in [-0.1, -0.05) is 30.3 Å². The number of hydrogen-bond acceptors (Lipinski definition) is 5. The summed E-state index contributed by atoms with van der Waals surface area (Å²) in [6.45, 7) is 2.08. The van der Waals surface area contributed by atoms with Crippen molar-refractivity contribution in [2.75, 3.05) is 12.3 Å². The summed E-state index contributed by atoms with van der Waals surface area (Å²) >= 11 is 0. The lowest BCUT2D eigenvalue weighted by molar-refractivity contribution is -0.121. The molecule has 7 nitrogen and oxygen atoms in total. The number of anilines is 1. The van der Waals surface area contributed by atoms with Gasteiger partial charge in [0.15, 0.2) is 5.76 Å². The Morgan fingerprint density at radius 3 is 2.69 bits per heavy atom. The van der Waals surface area contributed by atoms with Crippen molar-refractivity contribution >= 4 is 11.6 Å². The van der Waals surface area contributed by atoms with Crippen LogP contribution >= 0.6 is 0 Å². The second kappa shape index (κ2) is 7.69. The molecule has 7 heteroatoms. The minimum Gasteiger partial charge on any atom is -0.460 e. The highest BCUT2D eigenvalue weighted by molar-refractivity contribution is 5.75.